The maximum absolute atomic E-state index is 12.1. The van der Waals surface area contributed by atoms with Gasteiger partial charge in [-0.2, -0.15) is 0 Å². The molecule has 1 amide bonds. The molecule has 1 aromatic rings. The van der Waals surface area contributed by atoms with E-state index in [1.807, 2.05) is 19.1 Å². The second kappa shape index (κ2) is 6.74. The van der Waals surface area contributed by atoms with Crippen LogP contribution < -0.4 is 5.32 Å². The van der Waals surface area contributed by atoms with Gasteiger partial charge in [0.1, 0.15) is 5.69 Å². The van der Waals surface area contributed by atoms with Gasteiger partial charge in [0.25, 0.3) is 5.91 Å². The average Bonchev–Trinajstić information content (AvgIpc) is 2.28. The van der Waals surface area contributed by atoms with Gasteiger partial charge in [0.15, 0.2) is 0 Å². The molecule has 0 saturated carbocycles. The molecule has 0 radical (unpaired) electrons. The summed E-state index contributed by atoms with van der Waals surface area (Å²) in [7, 11) is 0. The Labute approximate surface area is 111 Å². The molecule has 94 valence electrons. The van der Waals surface area contributed by atoms with Gasteiger partial charge in [-0.1, -0.05) is 35.8 Å². The van der Waals surface area contributed by atoms with Crippen LogP contribution >= 0.6 is 15.9 Å². The van der Waals surface area contributed by atoms with E-state index in [0.29, 0.717) is 11.6 Å². The van der Waals surface area contributed by atoms with Crippen LogP contribution in [0.25, 0.3) is 0 Å². The first kappa shape index (κ1) is 14.2. The maximum atomic E-state index is 12.1. The Morgan fingerprint density at radius 3 is 2.76 bits per heavy atom. The minimum Gasteiger partial charge on any atom is -0.348 e. The Balaban J connectivity index is 2.74. The lowest BCUT2D eigenvalue weighted by atomic mass is 10.0. The van der Waals surface area contributed by atoms with Crippen LogP contribution in [0.4, 0.5) is 0 Å². The third-order valence-electron chi connectivity index (χ3n) is 2.77. The van der Waals surface area contributed by atoms with Crippen LogP contribution in [0.1, 0.15) is 36.3 Å². The molecule has 0 aliphatic heterocycles. The number of hydrogen-bond donors (Lipinski definition) is 1. The molecule has 0 saturated heterocycles. The Bertz CT molecular complexity index is 379. The highest BCUT2D eigenvalue weighted by molar-refractivity contribution is 9.09. The van der Waals surface area contributed by atoms with E-state index in [4.69, 9.17) is 0 Å². The van der Waals surface area contributed by atoms with Crippen molar-refractivity contribution in [2.45, 2.75) is 33.2 Å². The second-order valence-corrected chi connectivity index (χ2v) is 5.26. The van der Waals surface area contributed by atoms with Crippen molar-refractivity contribution in [3.8, 4) is 0 Å². The number of amides is 1. The molecule has 1 N–H and O–H groups in total. The summed E-state index contributed by atoms with van der Waals surface area (Å²) in [4.78, 5) is 16.2. The Hall–Kier alpha value is -0.900. The smallest absolute Gasteiger partial charge is 0.270 e. The molecule has 0 aliphatic rings. The van der Waals surface area contributed by atoms with Crippen LogP contribution in [-0.4, -0.2) is 22.3 Å². The zero-order chi connectivity index (χ0) is 12.8. The topological polar surface area (TPSA) is 42.0 Å². The molecule has 17 heavy (non-hydrogen) atoms. The summed E-state index contributed by atoms with van der Waals surface area (Å²) < 4.78 is 0. The molecule has 3 nitrogen and oxygen atoms in total. The van der Waals surface area contributed by atoms with Crippen LogP contribution in [0.2, 0.25) is 0 Å². The van der Waals surface area contributed by atoms with Gasteiger partial charge >= 0.3 is 0 Å². The van der Waals surface area contributed by atoms with Crippen molar-refractivity contribution in [3.63, 3.8) is 0 Å². The molecule has 1 rings (SSSR count). The van der Waals surface area contributed by atoms with Crippen LogP contribution in [0.5, 0.6) is 0 Å². The molecule has 1 atom stereocenters. The number of halogens is 1. The summed E-state index contributed by atoms with van der Waals surface area (Å²) in [6.45, 7) is 6.12. The predicted molar refractivity (Wildman–Crippen MR) is 73.5 cm³/mol. The number of rotatable bonds is 5. The third kappa shape index (κ3) is 4.11. The van der Waals surface area contributed by atoms with Crippen molar-refractivity contribution in [1.82, 2.24) is 10.3 Å². The van der Waals surface area contributed by atoms with Crippen molar-refractivity contribution < 1.29 is 4.79 Å². The molecule has 0 aliphatic carbocycles. The summed E-state index contributed by atoms with van der Waals surface area (Å²) in [5.41, 5.74) is 1.43. The van der Waals surface area contributed by atoms with Crippen molar-refractivity contribution in [1.29, 1.82) is 0 Å². The number of hydrogen-bond acceptors (Lipinski definition) is 2. The number of nitrogens with zero attached hydrogens (tertiary/aromatic N) is 1. The SMILES string of the molecule is Cc1cccnc1C(=O)NC(CCBr)C(C)C. The Kier molecular flexibility index (Phi) is 5.62. The monoisotopic (exact) mass is 298 g/mol. The first-order chi connectivity index (χ1) is 8.06. The minimum atomic E-state index is -0.0808. The minimum absolute atomic E-state index is 0.0808. The fourth-order valence-corrected chi connectivity index (χ4v) is 2.14. The second-order valence-electron chi connectivity index (χ2n) is 4.47. The van der Waals surface area contributed by atoms with Crippen LogP contribution in [0.15, 0.2) is 18.3 Å². The molecular weight excluding hydrogens is 280 g/mol. The van der Waals surface area contributed by atoms with E-state index in [1.54, 1.807) is 6.20 Å². The molecule has 0 spiro atoms. The molecule has 1 unspecified atom stereocenters. The molecule has 1 aromatic heterocycles. The Morgan fingerprint density at radius 1 is 1.53 bits per heavy atom. The quantitative estimate of drug-likeness (QED) is 0.849. The lowest BCUT2D eigenvalue weighted by Gasteiger charge is -2.21. The summed E-state index contributed by atoms with van der Waals surface area (Å²) in [6.07, 6.45) is 2.58. The van der Waals surface area contributed by atoms with E-state index in [9.17, 15) is 4.79 Å². The normalized spacial score (nSPS) is 12.5. The number of pyridine rings is 1. The zero-order valence-electron chi connectivity index (χ0n) is 10.5. The molecule has 0 aromatic carbocycles. The predicted octanol–water partition coefficient (Wildman–Crippen LogP) is 2.93. The van der Waals surface area contributed by atoms with Gasteiger partial charge in [-0.3, -0.25) is 9.78 Å². The van der Waals surface area contributed by atoms with E-state index in [1.165, 1.54) is 0 Å². The number of aryl methyl sites for hydroxylation is 1. The third-order valence-corrected chi connectivity index (χ3v) is 3.22. The largest absolute Gasteiger partial charge is 0.348 e. The number of aromatic nitrogens is 1. The fourth-order valence-electron chi connectivity index (χ4n) is 1.65. The maximum Gasteiger partial charge on any atom is 0.270 e. The molecule has 4 heteroatoms. The van der Waals surface area contributed by atoms with E-state index in [-0.39, 0.29) is 11.9 Å². The van der Waals surface area contributed by atoms with Gasteiger partial charge in [0, 0.05) is 17.6 Å². The zero-order valence-corrected chi connectivity index (χ0v) is 12.1. The van der Waals surface area contributed by atoms with Gasteiger partial charge in [-0.25, -0.2) is 0 Å². The van der Waals surface area contributed by atoms with Crippen molar-refractivity contribution in [2.24, 2.45) is 5.92 Å². The van der Waals surface area contributed by atoms with E-state index < -0.39 is 0 Å². The summed E-state index contributed by atoms with van der Waals surface area (Å²) >= 11 is 3.41. The number of carbonyl (C=O) groups is 1. The lowest BCUT2D eigenvalue weighted by molar-refractivity contribution is 0.0919. The molecule has 0 bridgehead atoms. The number of nitrogens with one attached hydrogen (secondary N) is 1. The van der Waals surface area contributed by atoms with E-state index in [0.717, 1.165) is 17.3 Å². The number of alkyl halides is 1. The first-order valence-electron chi connectivity index (χ1n) is 5.84. The van der Waals surface area contributed by atoms with Crippen molar-refractivity contribution in [2.75, 3.05) is 5.33 Å². The standard InChI is InChI=1S/C13H19BrN2O/c1-9(2)11(6-7-14)16-13(17)12-10(3)5-4-8-15-12/h4-5,8-9,11H,6-7H2,1-3H3,(H,16,17). The van der Waals surface area contributed by atoms with Gasteiger partial charge in [-0.15, -0.1) is 0 Å². The number of carbonyl (C=O) groups excluding carboxylic acids is 1. The van der Waals surface area contributed by atoms with Gasteiger partial charge in [-0.05, 0) is 30.9 Å². The van der Waals surface area contributed by atoms with Crippen molar-refractivity contribution in [3.05, 3.63) is 29.6 Å². The van der Waals surface area contributed by atoms with Gasteiger partial charge in [0.2, 0.25) is 0 Å². The molecule has 1 heterocycles. The summed E-state index contributed by atoms with van der Waals surface area (Å²) in [6, 6.07) is 3.92. The fraction of sp³-hybridized carbons (Fsp3) is 0.538. The molecule has 0 fully saturated rings. The lowest BCUT2D eigenvalue weighted by Crippen LogP contribution is -2.39. The van der Waals surface area contributed by atoms with E-state index in [2.05, 4.69) is 40.1 Å². The highest BCUT2D eigenvalue weighted by Gasteiger charge is 2.18. The van der Waals surface area contributed by atoms with Gasteiger partial charge in [0.05, 0.1) is 0 Å². The average molecular weight is 299 g/mol. The van der Waals surface area contributed by atoms with Crippen LogP contribution in [0, 0.1) is 12.8 Å². The Morgan fingerprint density at radius 2 is 2.24 bits per heavy atom. The van der Waals surface area contributed by atoms with E-state index >= 15 is 0 Å². The van der Waals surface area contributed by atoms with Gasteiger partial charge < -0.3 is 5.32 Å². The van der Waals surface area contributed by atoms with Crippen LogP contribution in [0.3, 0.4) is 0 Å². The van der Waals surface area contributed by atoms with Crippen molar-refractivity contribution >= 4 is 21.8 Å². The first-order valence-corrected chi connectivity index (χ1v) is 6.96. The molecular formula is C13H19BrN2O. The van der Waals surface area contributed by atoms with Crippen LogP contribution in [-0.2, 0) is 0 Å². The highest BCUT2D eigenvalue weighted by atomic mass is 79.9. The summed E-state index contributed by atoms with van der Waals surface area (Å²) in [5, 5.41) is 3.93. The summed E-state index contributed by atoms with van der Waals surface area (Å²) in [5.74, 6) is 0.336. The highest BCUT2D eigenvalue weighted by Crippen LogP contribution is 2.10.